The molecule has 0 saturated heterocycles. The molecule has 110 valence electrons. The van der Waals surface area contributed by atoms with E-state index in [-0.39, 0.29) is 6.42 Å². The predicted octanol–water partition coefficient (Wildman–Crippen LogP) is 1.40. The second kappa shape index (κ2) is 6.90. The van der Waals surface area contributed by atoms with Crippen LogP contribution in [0.4, 0.5) is 18.9 Å². The van der Waals surface area contributed by atoms with Gasteiger partial charge in [-0.05, 0) is 17.7 Å². The number of hydrogen-bond donors (Lipinski definition) is 3. The molecule has 0 saturated carbocycles. The molecule has 3 N–H and O–H groups in total. The molecule has 0 fully saturated rings. The van der Waals surface area contributed by atoms with Crippen molar-refractivity contribution in [3.05, 3.63) is 29.8 Å². The number of benzene rings is 1. The van der Waals surface area contributed by atoms with Gasteiger partial charge in [-0.2, -0.15) is 13.2 Å². The van der Waals surface area contributed by atoms with Crippen LogP contribution in [0.1, 0.15) is 5.56 Å². The maximum Gasteiger partial charge on any atom is 0.401 e. The van der Waals surface area contributed by atoms with Crippen molar-refractivity contribution in [3.8, 4) is 0 Å². The number of carboxylic acid groups (broad SMARTS) is 1. The van der Waals surface area contributed by atoms with E-state index in [4.69, 9.17) is 5.11 Å². The van der Waals surface area contributed by atoms with Crippen LogP contribution in [-0.4, -0.2) is 36.2 Å². The molecule has 0 heterocycles. The van der Waals surface area contributed by atoms with Gasteiger partial charge >= 0.3 is 12.1 Å². The van der Waals surface area contributed by atoms with Crippen LogP contribution in [0.2, 0.25) is 0 Å². The van der Waals surface area contributed by atoms with Gasteiger partial charge < -0.3 is 15.7 Å². The molecule has 5 nitrogen and oxygen atoms in total. The third kappa shape index (κ3) is 6.74. The summed E-state index contributed by atoms with van der Waals surface area (Å²) in [5, 5.41) is 12.9. The normalized spacial score (nSPS) is 11.2. The zero-order valence-electron chi connectivity index (χ0n) is 10.3. The van der Waals surface area contributed by atoms with E-state index in [0.717, 1.165) is 0 Å². The fourth-order valence-electron chi connectivity index (χ4n) is 1.40. The lowest BCUT2D eigenvalue weighted by molar-refractivity contribution is -0.136. The first kappa shape index (κ1) is 16.0. The molecular weight excluding hydrogens is 277 g/mol. The lowest BCUT2D eigenvalue weighted by Crippen LogP contribution is -2.35. The van der Waals surface area contributed by atoms with Crippen molar-refractivity contribution in [2.24, 2.45) is 0 Å². The van der Waals surface area contributed by atoms with E-state index in [9.17, 15) is 22.8 Å². The third-order valence-electron chi connectivity index (χ3n) is 2.20. The van der Waals surface area contributed by atoms with Crippen molar-refractivity contribution in [1.29, 1.82) is 0 Å². The number of halogens is 3. The number of rotatable bonds is 6. The predicted molar refractivity (Wildman–Crippen MR) is 65.3 cm³/mol. The molecule has 20 heavy (non-hydrogen) atoms. The average molecular weight is 290 g/mol. The van der Waals surface area contributed by atoms with Crippen LogP contribution in [0.15, 0.2) is 24.3 Å². The number of alkyl halides is 3. The molecule has 0 radical (unpaired) electrons. The number of hydrogen-bond acceptors (Lipinski definition) is 3. The SMILES string of the molecule is O=C(O)Cc1ccc(NC(=O)CNCC(F)(F)F)cc1. The average Bonchev–Trinajstić information content (AvgIpc) is 2.29. The van der Waals surface area contributed by atoms with Crippen LogP contribution in [0.5, 0.6) is 0 Å². The number of amides is 1. The summed E-state index contributed by atoms with van der Waals surface area (Å²) in [4.78, 5) is 21.8. The Balaban J connectivity index is 2.40. The van der Waals surface area contributed by atoms with Gasteiger partial charge in [0.15, 0.2) is 0 Å². The molecule has 8 heteroatoms. The van der Waals surface area contributed by atoms with Crippen molar-refractivity contribution < 1.29 is 27.9 Å². The van der Waals surface area contributed by atoms with E-state index in [2.05, 4.69) is 5.32 Å². The van der Waals surface area contributed by atoms with Gasteiger partial charge in [-0.3, -0.25) is 9.59 Å². The highest BCUT2D eigenvalue weighted by atomic mass is 19.4. The number of anilines is 1. The van der Waals surface area contributed by atoms with Gasteiger partial charge in [0.2, 0.25) is 5.91 Å². The van der Waals surface area contributed by atoms with Gasteiger partial charge in [-0.1, -0.05) is 12.1 Å². The van der Waals surface area contributed by atoms with E-state index >= 15 is 0 Å². The van der Waals surface area contributed by atoms with Crippen molar-refractivity contribution in [1.82, 2.24) is 5.32 Å². The Hall–Kier alpha value is -2.09. The lowest BCUT2D eigenvalue weighted by atomic mass is 10.1. The van der Waals surface area contributed by atoms with E-state index in [1.165, 1.54) is 24.3 Å². The fraction of sp³-hybridized carbons (Fsp3) is 0.333. The quantitative estimate of drug-likeness (QED) is 0.740. The lowest BCUT2D eigenvalue weighted by Gasteiger charge is -2.09. The Morgan fingerprint density at radius 1 is 1.15 bits per heavy atom. The second-order valence-electron chi connectivity index (χ2n) is 4.03. The Morgan fingerprint density at radius 3 is 2.25 bits per heavy atom. The fourth-order valence-corrected chi connectivity index (χ4v) is 1.40. The molecule has 0 spiro atoms. The Bertz CT molecular complexity index is 472. The van der Waals surface area contributed by atoms with Crippen molar-refractivity contribution >= 4 is 17.6 Å². The molecule has 1 rings (SSSR count). The van der Waals surface area contributed by atoms with Crippen LogP contribution in [-0.2, 0) is 16.0 Å². The van der Waals surface area contributed by atoms with Gasteiger partial charge in [0.25, 0.3) is 0 Å². The minimum Gasteiger partial charge on any atom is -0.481 e. The summed E-state index contributed by atoms with van der Waals surface area (Å²) >= 11 is 0. The Kier molecular flexibility index (Phi) is 5.51. The maximum absolute atomic E-state index is 11.8. The van der Waals surface area contributed by atoms with E-state index in [1.807, 2.05) is 5.32 Å². The molecule has 1 aromatic carbocycles. The van der Waals surface area contributed by atoms with E-state index in [1.54, 1.807) is 0 Å². The molecule has 0 bridgehead atoms. The van der Waals surface area contributed by atoms with Crippen LogP contribution >= 0.6 is 0 Å². The highest BCUT2D eigenvalue weighted by Crippen LogP contribution is 2.12. The Labute approximate surface area is 112 Å². The molecule has 0 atom stereocenters. The number of carboxylic acids is 1. The summed E-state index contributed by atoms with van der Waals surface area (Å²) in [5.74, 6) is -1.58. The number of carbonyl (C=O) groups is 2. The summed E-state index contributed by atoms with van der Waals surface area (Å²) in [5.41, 5.74) is 0.948. The van der Waals surface area contributed by atoms with Gasteiger partial charge in [-0.25, -0.2) is 0 Å². The van der Waals surface area contributed by atoms with Crippen molar-refractivity contribution in [2.45, 2.75) is 12.6 Å². The zero-order valence-corrected chi connectivity index (χ0v) is 10.3. The first-order chi connectivity index (χ1) is 9.26. The summed E-state index contributed by atoms with van der Waals surface area (Å²) in [7, 11) is 0. The number of carbonyl (C=O) groups excluding carboxylic acids is 1. The molecule has 0 unspecified atom stereocenters. The number of nitrogens with one attached hydrogen (secondary N) is 2. The van der Waals surface area contributed by atoms with Gasteiger partial charge in [-0.15, -0.1) is 0 Å². The minimum absolute atomic E-state index is 0.138. The van der Waals surface area contributed by atoms with Gasteiger partial charge in [0.1, 0.15) is 0 Å². The largest absolute Gasteiger partial charge is 0.481 e. The summed E-state index contributed by atoms with van der Waals surface area (Å²) in [6.07, 6.45) is -4.50. The highest BCUT2D eigenvalue weighted by Gasteiger charge is 2.26. The van der Waals surface area contributed by atoms with Crippen molar-refractivity contribution in [2.75, 3.05) is 18.4 Å². The third-order valence-corrected chi connectivity index (χ3v) is 2.20. The summed E-state index contributed by atoms with van der Waals surface area (Å²) < 4.78 is 35.5. The van der Waals surface area contributed by atoms with Gasteiger partial charge in [0.05, 0.1) is 19.5 Å². The smallest absolute Gasteiger partial charge is 0.401 e. The highest BCUT2D eigenvalue weighted by molar-refractivity contribution is 5.92. The monoisotopic (exact) mass is 290 g/mol. The molecule has 0 aliphatic heterocycles. The first-order valence-corrected chi connectivity index (χ1v) is 5.64. The van der Waals surface area contributed by atoms with Crippen LogP contribution in [0.3, 0.4) is 0 Å². The molecule has 0 aliphatic carbocycles. The summed E-state index contributed by atoms with van der Waals surface area (Å²) in [6, 6.07) is 6.01. The van der Waals surface area contributed by atoms with Crippen LogP contribution < -0.4 is 10.6 Å². The van der Waals surface area contributed by atoms with Gasteiger partial charge in [0, 0.05) is 5.69 Å². The molecule has 0 aliphatic rings. The maximum atomic E-state index is 11.8. The first-order valence-electron chi connectivity index (χ1n) is 5.64. The molecule has 1 amide bonds. The van der Waals surface area contributed by atoms with Crippen molar-refractivity contribution in [3.63, 3.8) is 0 Å². The van der Waals surface area contributed by atoms with E-state index < -0.39 is 31.1 Å². The van der Waals surface area contributed by atoms with Crippen LogP contribution in [0.25, 0.3) is 0 Å². The van der Waals surface area contributed by atoms with Crippen LogP contribution in [0, 0.1) is 0 Å². The topological polar surface area (TPSA) is 78.4 Å². The molecular formula is C12H13F3N2O3. The number of aliphatic carboxylic acids is 1. The Morgan fingerprint density at radius 2 is 1.75 bits per heavy atom. The molecule has 1 aromatic rings. The summed E-state index contributed by atoms with van der Waals surface area (Å²) in [6.45, 7) is -1.70. The second-order valence-corrected chi connectivity index (χ2v) is 4.03. The standard InChI is InChI=1S/C12H13F3N2O3/c13-12(14,15)7-16-6-10(18)17-9-3-1-8(2-4-9)5-11(19)20/h1-4,16H,5-7H2,(H,17,18)(H,19,20). The zero-order chi connectivity index (χ0) is 15.2. The minimum atomic E-state index is -4.36. The molecule has 0 aromatic heterocycles. The van der Waals surface area contributed by atoms with E-state index in [0.29, 0.717) is 11.3 Å².